The molecule has 0 aliphatic carbocycles. The molecule has 1 heterocycles. The molecule has 0 aliphatic rings. The molecule has 2 aromatic carbocycles. The predicted molar refractivity (Wildman–Crippen MR) is 88.9 cm³/mol. The van der Waals surface area contributed by atoms with E-state index >= 15 is 0 Å². The summed E-state index contributed by atoms with van der Waals surface area (Å²) in [6, 6.07) is 9.92. The van der Waals surface area contributed by atoms with Crippen molar-refractivity contribution < 1.29 is 18.7 Å². The van der Waals surface area contributed by atoms with Crippen LogP contribution in [0.2, 0.25) is 10.0 Å². The summed E-state index contributed by atoms with van der Waals surface area (Å²) in [4.78, 5) is 12.3. The molecule has 0 atom stereocenters. The van der Waals surface area contributed by atoms with Crippen molar-refractivity contribution in [3.63, 3.8) is 0 Å². The van der Waals surface area contributed by atoms with Gasteiger partial charge in [-0.2, -0.15) is 0 Å². The van der Waals surface area contributed by atoms with Gasteiger partial charge in [0.15, 0.2) is 0 Å². The minimum atomic E-state index is -0.601. The van der Waals surface area contributed by atoms with Gasteiger partial charge in [-0.25, -0.2) is 4.79 Å². The highest BCUT2D eigenvalue weighted by Crippen LogP contribution is 2.31. The molecular formula is C17H12Cl2O4. The Kier molecular flexibility index (Phi) is 4.20. The summed E-state index contributed by atoms with van der Waals surface area (Å²) in [7, 11) is 1.58. The average molecular weight is 351 g/mol. The fourth-order valence-electron chi connectivity index (χ4n) is 2.22. The Morgan fingerprint density at radius 3 is 2.48 bits per heavy atom. The molecule has 4 nitrogen and oxygen atoms in total. The quantitative estimate of drug-likeness (QED) is 0.476. The lowest BCUT2D eigenvalue weighted by Crippen LogP contribution is -2.08. The number of carbonyl (C=O) groups is 1. The van der Waals surface area contributed by atoms with Crippen LogP contribution in [0.15, 0.2) is 40.8 Å². The van der Waals surface area contributed by atoms with Crippen LogP contribution in [0, 0.1) is 6.92 Å². The van der Waals surface area contributed by atoms with Gasteiger partial charge in [-0.3, -0.25) is 0 Å². The van der Waals surface area contributed by atoms with Crippen LogP contribution in [0.4, 0.5) is 0 Å². The topological polar surface area (TPSA) is 48.7 Å². The maximum Gasteiger partial charge on any atom is 0.379 e. The third-order valence-corrected chi connectivity index (χ3v) is 4.17. The van der Waals surface area contributed by atoms with Gasteiger partial charge in [0.1, 0.15) is 17.1 Å². The van der Waals surface area contributed by atoms with E-state index in [-0.39, 0.29) is 5.76 Å². The van der Waals surface area contributed by atoms with Crippen molar-refractivity contribution in [3.05, 3.63) is 57.8 Å². The van der Waals surface area contributed by atoms with Gasteiger partial charge >= 0.3 is 5.97 Å². The molecule has 23 heavy (non-hydrogen) atoms. The van der Waals surface area contributed by atoms with E-state index in [9.17, 15) is 4.79 Å². The summed E-state index contributed by atoms with van der Waals surface area (Å²) < 4.78 is 16.1. The number of fused-ring (bicyclic) bond motifs is 1. The van der Waals surface area contributed by atoms with Crippen molar-refractivity contribution in [3.8, 4) is 11.5 Å². The molecule has 1 aromatic heterocycles. The number of ether oxygens (including phenoxy) is 2. The zero-order chi connectivity index (χ0) is 16.6. The van der Waals surface area contributed by atoms with E-state index < -0.39 is 5.97 Å². The summed E-state index contributed by atoms with van der Waals surface area (Å²) in [6.07, 6.45) is 0. The second-order valence-corrected chi connectivity index (χ2v) is 5.70. The Morgan fingerprint density at radius 1 is 1.04 bits per heavy atom. The van der Waals surface area contributed by atoms with Crippen molar-refractivity contribution in [2.45, 2.75) is 6.92 Å². The van der Waals surface area contributed by atoms with Crippen LogP contribution in [0.3, 0.4) is 0 Å². The van der Waals surface area contributed by atoms with Crippen LogP contribution in [0.5, 0.6) is 11.5 Å². The number of esters is 1. The van der Waals surface area contributed by atoms with E-state index in [0.29, 0.717) is 32.7 Å². The summed E-state index contributed by atoms with van der Waals surface area (Å²) in [5, 5.41) is 1.49. The summed E-state index contributed by atoms with van der Waals surface area (Å²) >= 11 is 11.8. The van der Waals surface area contributed by atoms with Crippen LogP contribution in [-0.4, -0.2) is 13.1 Å². The lowest BCUT2D eigenvalue weighted by atomic mass is 10.1. The Hall–Kier alpha value is -2.17. The first-order valence-corrected chi connectivity index (χ1v) is 7.49. The molecule has 0 N–H and O–H groups in total. The minimum absolute atomic E-state index is 0.138. The van der Waals surface area contributed by atoms with Crippen molar-refractivity contribution in [1.29, 1.82) is 0 Å². The predicted octanol–water partition coefficient (Wildman–Crippen LogP) is 5.28. The van der Waals surface area contributed by atoms with Gasteiger partial charge in [-0.15, -0.1) is 0 Å². The highest BCUT2D eigenvalue weighted by Gasteiger charge is 2.20. The first-order valence-electron chi connectivity index (χ1n) is 6.74. The number of benzene rings is 2. The van der Waals surface area contributed by atoms with Crippen LogP contribution in [0.1, 0.15) is 16.1 Å². The first-order chi connectivity index (χ1) is 11.0. The molecule has 6 heteroatoms. The molecular weight excluding hydrogens is 339 g/mol. The highest BCUT2D eigenvalue weighted by molar-refractivity contribution is 6.42. The maximum absolute atomic E-state index is 12.3. The number of hydrogen-bond donors (Lipinski definition) is 0. The SMILES string of the molecule is COc1ccc2oc(C(=O)Oc3ccc(Cl)c(Cl)c3)c(C)c2c1. The van der Waals surface area contributed by atoms with Crippen molar-refractivity contribution >= 4 is 40.1 Å². The van der Waals surface area contributed by atoms with Gasteiger partial charge in [0.2, 0.25) is 5.76 Å². The van der Waals surface area contributed by atoms with Gasteiger partial charge in [0.05, 0.1) is 17.2 Å². The minimum Gasteiger partial charge on any atom is -0.497 e. The largest absolute Gasteiger partial charge is 0.497 e. The van der Waals surface area contributed by atoms with E-state index in [1.54, 1.807) is 38.3 Å². The number of hydrogen-bond acceptors (Lipinski definition) is 4. The fourth-order valence-corrected chi connectivity index (χ4v) is 2.50. The number of halogens is 2. The number of aryl methyl sites for hydroxylation is 1. The van der Waals surface area contributed by atoms with Crippen LogP contribution in [-0.2, 0) is 0 Å². The lowest BCUT2D eigenvalue weighted by molar-refractivity contribution is 0.0703. The molecule has 0 saturated carbocycles. The van der Waals surface area contributed by atoms with Crippen LogP contribution < -0.4 is 9.47 Å². The average Bonchev–Trinajstić information content (AvgIpc) is 2.87. The number of methoxy groups -OCH3 is 1. The summed E-state index contributed by atoms with van der Waals surface area (Å²) in [6.45, 7) is 1.79. The smallest absolute Gasteiger partial charge is 0.379 e. The second kappa shape index (κ2) is 6.14. The van der Waals surface area contributed by atoms with Gasteiger partial charge in [-0.1, -0.05) is 23.2 Å². The molecule has 0 bridgehead atoms. The number of rotatable bonds is 3. The van der Waals surface area contributed by atoms with E-state index in [4.69, 9.17) is 37.1 Å². The molecule has 0 saturated heterocycles. The molecule has 0 fully saturated rings. The number of carbonyl (C=O) groups excluding carboxylic acids is 1. The molecule has 3 aromatic rings. The molecule has 118 valence electrons. The standard InChI is InChI=1S/C17H12Cl2O4/c1-9-12-7-10(21-2)4-6-15(12)23-16(9)17(20)22-11-3-5-13(18)14(19)8-11/h3-8H,1-2H3. The Morgan fingerprint density at radius 2 is 1.78 bits per heavy atom. The fraction of sp³-hybridized carbons (Fsp3) is 0.118. The van der Waals surface area contributed by atoms with Crippen LogP contribution in [0.25, 0.3) is 11.0 Å². The molecule has 0 radical (unpaired) electrons. The van der Waals surface area contributed by atoms with E-state index in [2.05, 4.69) is 0 Å². The highest BCUT2D eigenvalue weighted by atomic mass is 35.5. The molecule has 0 spiro atoms. The van der Waals surface area contributed by atoms with Crippen LogP contribution >= 0.6 is 23.2 Å². The zero-order valence-electron chi connectivity index (χ0n) is 12.4. The third kappa shape index (κ3) is 3.00. The maximum atomic E-state index is 12.3. The van der Waals surface area contributed by atoms with Crippen molar-refractivity contribution in [1.82, 2.24) is 0 Å². The molecule has 0 aliphatic heterocycles. The van der Waals surface area contributed by atoms with E-state index in [1.165, 1.54) is 6.07 Å². The van der Waals surface area contributed by atoms with Crippen molar-refractivity contribution in [2.75, 3.05) is 7.11 Å². The Labute approximate surface area is 142 Å². The normalized spacial score (nSPS) is 10.8. The summed E-state index contributed by atoms with van der Waals surface area (Å²) in [5.74, 6) is 0.517. The van der Waals surface area contributed by atoms with Gasteiger partial charge in [0.25, 0.3) is 0 Å². The van der Waals surface area contributed by atoms with E-state index in [0.717, 1.165) is 5.39 Å². The number of furan rings is 1. The van der Waals surface area contributed by atoms with Crippen molar-refractivity contribution in [2.24, 2.45) is 0 Å². The van der Waals surface area contributed by atoms with Gasteiger partial charge in [0, 0.05) is 17.0 Å². The van der Waals surface area contributed by atoms with E-state index in [1.807, 2.05) is 6.07 Å². The third-order valence-electron chi connectivity index (χ3n) is 3.43. The van der Waals surface area contributed by atoms with Gasteiger partial charge in [-0.05, 0) is 37.3 Å². The molecule has 0 amide bonds. The Balaban J connectivity index is 1.94. The summed E-state index contributed by atoms with van der Waals surface area (Å²) in [5.41, 5.74) is 1.27. The first kappa shape index (κ1) is 15.7. The molecule has 3 rings (SSSR count). The van der Waals surface area contributed by atoms with Gasteiger partial charge < -0.3 is 13.9 Å². The monoisotopic (exact) mass is 350 g/mol. The second-order valence-electron chi connectivity index (χ2n) is 4.88. The lowest BCUT2D eigenvalue weighted by Gasteiger charge is -2.04. The Bertz CT molecular complexity index is 899. The zero-order valence-corrected chi connectivity index (χ0v) is 13.9. The molecule has 0 unspecified atom stereocenters.